The number of hydrogen-bond acceptors (Lipinski definition) is 4. The standard InChI is InChI=1S/C17H20FN3O2S/c1-13-12-24-17(23)21(13)10-7-19-5-8-20(9-6-19)16(22)14-3-2-4-15(18)11-14/h2-4,11-12H,5-10H2,1H3. The van der Waals surface area contributed by atoms with Crippen LogP contribution in [0.5, 0.6) is 0 Å². The summed E-state index contributed by atoms with van der Waals surface area (Å²) in [5.74, 6) is -0.518. The molecule has 7 heteroatoms. The van der Waals surface area contributed by atoms with Crippen LogP contribution in [0, 0.1) is 12.7 Å². The highest BCUT2D eigenvalue weighted by atomic mass is 32.1. The molecule has 24 heavy (non-hydrogen) atoms. The lowest BCUT2D eigenvalue weighted by Crippen LogP contribution is -2.49. The molecule has 0 N–H and O–H groups in total. The largest absolute Gasteiger partial charge is 0.336 e. The summed E-state index contributed by atoms with van der Waals surface area (Å²) < 4.78 is 15.0. The third-order valence-corrected chi connectivity index (χ3v) is 5.23. The highest BCUT2D eigenvalue weighted by Crippen LogP contribution is 2.11. The Kier molecular flexibility index (Phi) is 5.11. The van der Waals surface area contributed by atoms with Crippen LogP contribution in [0.2, 0.25) is 0 Å². The van der Waals surface area contributed by atoms with E-state index in [0.717, 1.165) is 25.3 Å². The maximum Gasteiger partial charge on any atom is 0.307 e. The van der Waals surface area contributed by atoms with Crippen LogP contribution in [0.3, 0.4) is 0 Å². The Morgan fingerprint density at radius 3 is 2.58 bits per heavy atom. The van der Waals surface area contributed by atoms with Gasteiger partial charge in [-0.25, -0.2) is 4.39 Å². The van der Waals surface area contributed by atoms with Crippen LogP contribution in [0.15, 0.2) is 34.4 Å². The number of aryl methyl sites for hydroxylation is 1. The molecule has 0 atom stereocenters. The van der Waals surface area contributed by atoms with Gasteiger partial charge in [-0.05, 0) is 25.1 Å². The Morgan fingerprint density at radius 1 is 1.21 bits per heavy atom. The van der Waals surface area contributed by atoms with Gasteiger partial charge in [0, 0.05) is 55.9 Å². The first kappa shape index (κ1) is 16.9. The van der Waals surface area contributed by atoms with Crippen LogP contribution in [0.4, 0.5) is 4.39 Å². The summed E-state index contributed by atoms with van der Waals surface area (Å²) in [7, 11) is 0. The first-order chi connectivity index (χ1) is 11.5. The zero-order chi connectivity index (χ0) is 17.1. The van der Waals surface area contributed by atoms with Crippen molar-refractivity contribution in [1.29, 1.82) is 0 Å². The Labute approximate surface area is 143 Å². The Balaban J connectivity index is 1.52. The normalized spacial score (nSPS) is 15.7. The number of benzene rings is 1. The molecule has 1 aliphatic rings. The summed E-state index contributed by atoms with van der Waals surface area (Å²) in [5.41, 5.74) is 1.38. The highest BCUT2D eigenvalue weighted by molar-refractivity contribution is 7.07. The average molecular weight is 349 g/mol. The minimum absolute atomic E-state index is 0.0763. The summed E-state index contributed by atoms with van der Waals surface area (Å²) in [6.07, 6.45) is 0. The zero-order valence-corrected chi connectivity index (χ0v) is 14.4. The molecule has 0 spiro atoms. The zero-order valence-electron chi connectivity index (χ0n) is 13.6. The second-order valence-corrected chi connectivity index (χ2v) is 6.76. The number of halogens is 1. The number of aromatic nitrogens is 1. The summed E-state index contributed by atoms with van der Waals surface area (Å²) in [4.78, 5) is 28.2. The Hall–Kier alpha value is -1.99. The molecular formula is C17H20FN3O2S. The summed E-state index contributed by atoms with van der Waals surface area (Å²) >= 11 is 1.23. The van der Waals surface area contributed by atoms with E-state index >= 15 is 0 Å². The van der Waals surface area contributed by atoms with Crippen LogP contribution < -0.4 is 4.87 Å². The third kappa shape index (κ3) is 3.73. The van der Waals surface area contributed by atoms with Gasteiger partial charge in [0.25, 0.3) is 5.91 Å². The lowest BCUT2D eigenvalue weighted by molar-refractivity contribution is 0.0632. The van der Waals surface area contributed by atoms with Gasteiger partial charge in [-0.15, -0.1) is 0 Å². The van der Waals surface area contributed by atoms with Crippen molar-refractivity contribution in [2.75, 3.05) is 32.7 Å². The van der Waals surface area contributed by atoms with Crippen LogP contribution in [0.25, 0.3) is 0 Å². The van der Waals surface area contributed by atoms with Gasteiger partial charge in [0.05, 0.1) is 0 Å². The number of amides is 1. The minimum Gasteiger partial charge on any atom is -0.336 e. The fourth-order valence-electron chi connectivity index (χ4n) is 2.89. The molecule has 1 aromatic carbocycles. The van der Waals surface area contributed by atoms with Gasteiger partial charge < -0.3 is 9.47 Å². The van der Waals surface area contributed by atoms with E-state index in [1.807, 2.05) is 12.3 Å². The Bertz CT molecular complexity index is 778. The van der Waals surface area contributed by atoms with Crippen molar-refractivity contribution in [2.24, 2.45) is 0 Å². The maximum absolute atomic E-state index is 13.3. The molecule has 0 radical (unpaired) electrons. The SMILES string of the molecule is Cc1csc(=O)n1CCN1CCN(C(=O)c2cccc(F)c2)CC1. The lowest BCUT2D eigenvalue weighted by Gasteiger charge is -2.34. The van der Waals surface area contributed by atoms with Crippen LogP contribution >= 0.6 is 11.3 Å². The van der Waals surface area contributed by atoms with Crippen molar-refractivity contribution in [3.8, 4) is 0 Å². The summed E-state index contributed by atoms with van der Waals surface area (Å²) in [6, 6.07) is 5.81. The van der Waals surface area contributed by atoms with E-state index in [9.17, 15) is 14.0 Å². The van der Waals surface area contributed by atoms with E-state index < -0.39 is 5.82 Å². The number of hydrogen-bond donors (Lipinski definition) is 0. The van der Waals surface area contributed by atoms with Crippen molar-refractivity contribution < 1.29 is 9.18 Å². The van der Waals surface area contributed by atoms with E-state index in [1.54, 1.807) is 21.6 Å². The van der Waals surface area contributed by atoms with Crippen molar-refractivity contribution >= 4 is 17.2 Å². The van der Waals surface area contributed by atoms with Gasteiger partial charge >= 0.3 is 4.87 Å². The lowest BCUT2D eigenvalue weighted by atomic mass is 10.1. The van der Waals surface area contributed by atoms with Gasteiger partial charge in [0.1, 0.15) is 5.82 Å². The molecular weight excluding hydrogens is 329 g/mol. The number of carbonyl (C=O) groups is 1. The van der Waals surface area contributed by atoms with Crippen molar-refractivity contribution in [1.82, 2.24) is 14.4 Å². The molecule has 3 rings (SSSR count). The second-order valence-electron chi connectivity index (χ2n) is 5.94. The van der Waals surface area contributed by atoms with Gasteiger partial charge in [0.15, 0.2) is 0 Å². The number of rotatable bonds is 4. The molecule has 0 aliphatic carbocycles. The predicted octanol–water partition coefficient (Wildman–Crippen LogP) is 1.82. The third-order valence-electron chi connectivity index (χ3n) is 4.35. The van der Waals surface area contributed by atoms with E-state index in [0.29, 0.717) is 25.2 Å². The second kappa shape index (κ2) is 7.27. The fraction of sp³-hybridized carbons (Fsp3) is 0.412. The molecule has 0 saturated carbocycles. The van der Waals surface area contributed by atoms with E-state index in [-0.39, 0.29) is 10.8 Å². The first-order valence-corrected chi connectivity index (χ1v) is 8.84. The van der Waals surface area contributed by atoms with Gasteiger partial charge in [0.2, 0.25) is 0 Å². The van der Waals surface area contributed by atoms with Crippen LogP contribution in [0.1, 0.15) is 16.1 Å². The molecule has 2 heterocycles. The monoisotopic (exact) mass is 349 g/mol. The molecule has 1 saturated heterocycles. The molecule has 128 valence electrons. The van der Waals surface area contributed by atoms with E-state index in [2.05, 4.69) is 4.90 Å². The molecule has 1 aliphatic heterocycles. The molecule has 0 unspecified atom stereocenters. The highest BCUT2D eigenvalue weighted by Gasteiger charge is 2.22. The van der Waals surface area contributed by atoms with Crippen LogP contribution in [-0.2, 0) is 6.54 Å². The van der Waals surface area contributed by atoms with E-state index in [4.69, 9.17) is 0 Å². The minimum atomic E-state index is -0.393. The summed E-state index contributed by atoms with van der Waals surface area (Å²) in [5, 5.41) is 1.87. The predicted molar refractivity (Wildman–Crippen MR) is 92.1 cm³/mol. The quantitative estimate of drug-likeness (QED) is 0.846. The Morgan fingerprint density at radius 2 is 1.96 bits per heavy atom. The maximum atomic E-state index is 13.3. The molecule has 1 fully saturated rings. The molecule has 2 aromatic rings. The van der Waals surface area contributed by atoms with Gasteiger partial charge in [-0.3, -0.25) is 14.5 Å². The average Bonchev–Trinajstić information content (AvgIpc) is 2.91. The van der Waals surface area contributed by atoms with Gasteiger partial charge in [-0.1, -0.05) is 17.4 Å². The molecule has 1 amide bonds. The number of nitrogens with zero attached hydrogens (tertiary/aromatic N) is 3. The number of thiazole rings is 1. The van der Waals surface area contributed by atoms with Crippen LogP contribution in [-0.4, -0.2) is 53.0 Å². The van der Waals surface area contributed by atoms with Crippen molar-refractivity contribution in [2.45, 2.75) is 13.5 Å². The van der Waals surface area contributed by atoms with Crippen molar-refractivity contribution in [3.63, 3.8) is 0 Å². The summed E-state index contributed by atoms with van der Waals surface area (Å²) in [6.45, 7) is 6.16. The number of carbonyl (C=O) groups excluding carboxylic acids is 1. The smallest absolute Gasteiger partial charge is 0.307 e. The fourth-order valence-corrected chi connectivity index (χ4v) is 3.66. The van der Waals surface area contributed by atoms with Crippen molar-refractivity contribution in [3.05, 3.63) is 56.4 Å². The topological polar surface area (TPSA) is 45.6 Å². The molecule has 5 nitrogen and oxygen atoms in total. The number of piperazine rings is 1. The van der Waals surface area contributed by atoms with Gasteiger partial charge in [-0.2, -0.15) is 0 Å². The first-order valence-electron chi connectivity index (χ1n) is 7.97. The molecule has 1 aromatic heterocycles. The molecule has 0 bridgehead atoms. The van der Waals surface area contributed by atoms with E-state index in [1.165, 1.54) is 23.5 Å².